The van der Waals surface area contributed by atoms with Crippen LogP contribution >= 0.6 is 0 Å². The molecule has 2 atom stereocenters. The highest BCUT2D eigenvalue weighted by molar-refractivity contribution is 6.00. The maximum Gasteiger partial charge on any atom is 0.294 e. The molecule has 0 aromatic carbocycles. The van der Waals surface area contributed by atoms with Gasteiger partial charge in [-0.1, -0.05) is 26.2 Å². The fraction of sp³-hybridized carbons (Fsp3) is 0.833. The molecule has 90 valence electrons. The number of carbonyl (C=O) groups excluding carboxylic acids is 1. The van der Waals surface area contributed by atoms with Crippen LogP contribution in [0, 0.1) is 5.92 Å². The molecule has 4 nitrogen and oxygen atoms in total. The van der Waals surface area contributed by atoms with Gasteiger partial charge in [-0.05, 0) is 31.6 Å². The molecule has 2 N–H and O–H groups in total. The summed E-state index contributed by atoms with van der Waals surface area (Å²) in [6, 6.07) is 0.0546. The zero-order valence-corrected chi connectivity index (χ0v) is 9.87. The van der Waals surface area contributed by atoms with Gasteiger partial charge in [0, 0.05) is 0 Å². The predicted octanol–water partition coefficient (Wildman–Crippen LogP) is 1.98. The minimum Gasteiger partial charge on any atom is -0.448 e. The molecule has 0 saturated heterocycles. The number of hydrogen-bond donors (Lipinski definition) is 1. The van der Waals surface area contributed by atoms with Crippen LogP contribution in [0.1, 0.15) is 51.9 Å². The molecule has 2 aliphatic rings. The Bertz CT molecular complexity index is 314. The van der Waals surface area contributed by atoms with E-state index in [0.29, 0.717) is 0 Å². The van der Waals surface area contributed by atoms with E-state index in [0.717, 1.165) is 31.6 Å². The standard InChI is InChI=1S/C12H20N2O2/c1-2-4-9-5-3-7-12(8-6-9)10(15)14-11(13)16-12/h9H,2-8H2,1H3,(H2,13,14,15). The lowest BCUT2D eigenvalue weighted by Crippen LogP contribution is -2.37. The van der Waals surface area contributed by atoms with Crippen LogP contribution in [0.25, 0.3) is 0 Å². The first-order valence-electron chi connectivity index (χ1n) is 6.24. The van der Waals surface area contributed by atoms with Gasteiger partial charge in [-0.2, -0.15) is 4.99 Å². The summed E-state index contributed by atoms with van der Waals surface area (Å²) in [6.45, 7) is 2.21. The van der Waals surface area contributed by atoms with Crippen LogP contribution in [0.5, 0.6) is 0 Å². The van der Waals surface area contributed by atoms with Crippen LogP contribution in [0.3, 0.4) is 0 Å². The molecule has 1 aliphatic carbocycles. The van der Waals surface area contributed by atoms with Crippen molar-refractivity contribution in [1.29, 1.82) is 0 Å². The highest BCUT2D eigenvalue weighted by atomic mass is 16.5. The van der Waals surface area contributed by atoms with Crippen molar-refractivity contribution in [2.24, 2.45) is 16.6 Å². The molecule has 0 radical (unpaired) electrons. The minimum absolute atomic E-state index is 0.0546. The van der Waals surface area contributed by atoms with Gasteiger partial charge in [0.2, 0.25) is 0 Å². The van der Waals surface area contributed by atoms with Crippen molar-refractivity contribution in [2.75, 3.05) is 0 Å². The number of nitrogens with two attached hydrogens (primary N) is 1. The predicted molar refractivity (Wildman–Crippen MR) is 61.9 cm³/mol. The van der Waals surface area contributed by atoms with E-state index in [1.165, 1.54) is 19.3 Å². The number of aliphatic imine (C=N–C) groups is 1. The van der Waals surface area contributed by atoms with Gasteiger partial charge in [-0.3, -0.25) is 4.79 Å². The molecule has 1 amide bonds. The maximum absolute atomic E-state index is 11.8. The molecule has 0 aromatic rings. The van der Waals surface area contributed by atoms with Crippen molar-refractivity contribution < 1.29 is 9.53 Å². The molecule has 1 saturated carbocycles. The molecule has 1 aliphatic heterocycles. The van der Waals surface area contributed by atoms with Gasteiger partial charge in [-0.25, -0.2) is 0 Å². The zero-order valence-electron chi connectivity index (χ0n) is 9.87. The Balaban J connectivity index is 2.01. The number of nitrogens with zero attached hydrogens (tertiary/aromatic N) is 1. The van der Waals surface area contributed by atoms with E-state index in [4.69, 9.17) is 10.5 Å². The van der Waals surface area contributed by atoms with Gasteiger partial charge in [0.1, 0.15) is 0 Å². The second-order valence-corrected chi connectivity index (χ2v) is 4.94. The largest absolute Gasteiger partial charge is 0.448 e. The second-order valence-electron chi connectivity index (χ2n) is 4.94. The smallest absolute Gasteiger partial charge is 0.294 e. The summed E-state index contributed by atoms with van der Waals surface area (Å²) < 4.78 is 5.49. The second kappa shape index (κ2) is 4.44. The number of amidine groups is 1. The van der Waals surface area contributed by atoms with Gasteiger partial charge in [0.15, 0.2) is 5.60 Å². The summed E-state index contributed by atoms with van der Waals surface area (Å²) in [5.41, 5.74) is 4.78. The lowest BCUT2D eigenvalue weighted by atomic mass is 9.92. The van der Waals surface area contributed by atoms with Gasteiger partial charge in [0.25, 0.3) is 11.9 Å². The van der Waals surface area contributed by atoms with Gasteiger partial charge >= 0.3 is 0 Å². The molecule has 1 heterocycles. The van der Waals surface area contributed by atoms with Crippen LogP contribution in [-0.4, -0.2) is 17.5 Å². The van der Waals surface area contributed by atoms with E-state index in [9.17, 15) is 4.79 Å². The van der Waals surface area contributed by atoms with Crippen molar-refractivity contribution in [2.45, 2.75) is 57.5 Å². The molecule has 2 unspecified atom stereocenters. The van der Waals surface area contributed by atoms with E-state index in [1.807, 2.05) is 0 Å². The topological polar surface area (TPSA) is 64.7 Å². The van der Waals surface area contributed by atoms with E-state index in [2.05, 4.69) is 11.9 Å². The Hall–Kier alpha value is -1.06. The number of carbonyl (C=O) groups is 1. The molecule has 1 fully saturated rings. The average Bonchev–Trinajstić information content (AvgIpc) is 2.41. The SMILES string of the molecule is CCCC1CCCC2(CC1)OC(N)=NC2=O. The molecule has 1 spiro atoms. The summed E-state index contributed by atoms with van der Waals surface area (Å²) in [6.07, 6.45) is 7.32. The van der Waals surface area contributed by atoms with E-state index < -0.39 is 5.60 Å². The van der Waals surface area contributed by atoms with Crippen molar-refractivity contribution in [3.05, 3.63) is 0 Å². The van der Waals surface area contributed by atoms with Crippen molar-refractivity contribution >= 4 is 11.9 Å². The molecular weight excluding hydrogens is 204 g/mol. The first-order valence-corrected chi connectivity index (χ1v) is 6.24. The number of rotatable bonds is 2. The monoisotopic (exact) mass is 224 g/mol. The van der Waals surface area contributed by atoms with E-state index in [1.54, 1.807) is 0 Å². The van der Waals surface area contributed by atoms with Crippen LogP contribution in [0.15, 0.2) is 4.99 Å². The summed E-state index contributed by atoms with van der Waals surface area (Å²) in [5, 5.41) is 0. The highest BCUT2D eigenvalue weighted by Crippen LogP contribution is 2.37. The minimum atomic E-state index is -0.702. The van der Waals surface area contributed by atoms with Crippen LogP contribution in [-0.2, 0) is 9.53 Å². The Labute approximate surface area is 96.3 Å². The zero-order chi connectivity index (χ0) is 11.6. The van der Waals surface area contributed by atoms with Crippen LogP contribution in [0.2, 0.25) is 0 Å². The Morgan fingerprint density at radius 1 is 1.50 bits per heavy atom. The summed E-state index contributed by atoms with van der Waals surface area (Å²) in [5.74, 6) is 0.574. The third-order valence-corrected chi connectivity index (χ3v) is 3.75. The normalized spacial score (nSPS) is 34.7. The molecular formula is C12H20N2O2. The average molecular weight is 224 g/mol. The number of hydrogen-bond acceptors (Lipinski definition) is 3. The van der Waals surface area contributed by atoms with E-state index >= 15 is 0 Å². The summed E-state index contributed by atoms with van der Waals surface area (Å²) >= 11 is 0. The third-order valence-electron chi connectivity index (χ3n) is 3.75. The van der Waals surface area contributed by atoms with Crippen LogP contribution in [0.4, 0.5) is 0 Å². The Morgan fingerprint density at radius 2 is 2.31 bits per heavy atom. The summed E-state index contributed by atoms with van der Waals surface area (Å²) in [4.78, 5) is 15.5. The highest BCUT2D eigenvalue weighted by Gasteiger charge is 2.46. The molecule has 0 bridgehead atoms. The fourth-order valence-electron chi connectivity index (χ4n) is 2.86. The lowest BCUT2D eigenvalue weighted by molar-refractivity contribution is -0.131. The Morgan fingerprint density at radius 3 is 2.94 bits per heavy atom. The van der Waals surface area contributed by atoms with E-state index in [-0.39, 0.29) is 11.9 Å². The molecule has 16 heavy (non-hydrogen) atoms. The number of amides is 1. The Kier molecular flexibility index (Phi) is 3.17. The van der Waals surface area contributed by atoms with Gasteiger partial charge in [0.05, 0.1) is 0 Å². The fourth-order valence-corrected chi connectivity index (χ4v) is 2.86. The third kappa shape index (κ3) is 2.06. The summed E-state index contributed by atoms with van der Waals surface area (Å²) in [7, 11) is 0. The van der Waals surface area contributed by atoms with Crippen molar-refractivity contribution in [3.8, 4) is 0 Å². The van der Waals surface area contributed by atoms with Crippen molar-refractivity contribution in [3.63, 3.8) is 0 Å². The first kappa shape index (κ1) is 11.4. The molecule has 4 heteroatoms. The van der Waals surface area contributed by atoms with Crippen molar-refractivity contribution in [1.82, 2.24) is 0 Å². The molecule has 0 aromatic heterocycles. The number of ether oxygens (including phenoxy) is 1. The quantitative estimate of drug-likeness (QED) is 0.780. The van der Waals surface area contributed by atoms with Gasteiger partial charge in [-0.15, -0.1) is 0 Å². The lowest BCUT2D eigenvalue weighted by Gasteiger charge is -2.24. The molecule has 2 rings (SSSR count). The first-order chi connectivity index (χ1) is 7.66. The maximum atomic E-state index is 11.8. The van der Waals surface area contributed by atoms with Gasteiger partial charge < -0.3 is 10.5 Å². The van der Waals surface area contributed by atoms with Crippen LogP contribution < -0.4 is 5.73 Å².